The van der Waals surface area contributed by atoms with Crippen LogP contribution in [0.2, 0.25) is 5.02 Å². The van der Waals surface area contributed by atoms with Crippen LogP contribution in [0.3, 0.4) is 0 Å². The van der Waals surface area contributed by atoms with E-state index in [-0.39, 0.29) is 29.3 Å². The number of benzene rings is 4. The zero-order valence-electron chi connectivity index (χ0n) is 20.8. The van der Waals surface area contributed by atoms with Gasteiger partial charge in [0.15, 0.2) is 5.78 Å². The van der Waals surface area contributed by atoms with Gasteiger partial charge < -0.3 is 5.32 Å². The standard InChI is InChI=1S/C31H24ClN3O4/c32-20-12-15-25-24(17-20)31(30(37)33-25)28(29(36)23-8-3-6-18-5-1-2-7-22(18)23)27(26-9-4-16-34(26)31)19-10-13-21(14-11-19)35(38)39/h1-3,5-8,10-15,17,26-28H,4,9,16H2,(H,33,37)/t26?,27?,28?,31-/m1/s1. The maximum absolute atomic E-state index is 14.9. The third-order valence-corrected chi connectivity index (χ3v) is 9.02. The van der Waals surface area contributed by atoms with Crippen LogP contribution in [0.25, 0.3) is 10.8 Å². The monoisotopic (exact) mass is 537 g/mol. The smallest absolute Gasteiger partial charge is 0.269 e. The van der Waals surface area contributed by atoms with Gasteiger partial charge in [0.2, 0.25) is 5.91 Å². The summed E-state index contributed by atoms with van der Waals surface area (Å²) in [5, 5.41) is 16.7. The Morgan fingerprint density at radius 3 is 2.59 bits per heavy atom. The van der Waals surface area contributed by atoms with E-state index in [9.17, 15) is 19.7 Å². The summed E-state index contributed by atoms with van der Waals surface area (Å²) in [6.45, 7) is 0.660. The highest BCUT2D eigenvalue weighted by molar-refractivity contribution is 6.31. The van der Waals surface area contributed by atoms with Crippen molar-refractivity contribution in [2.24, 2.45) is 5.92 Å². The molecule has 4 atom stereocenters. The summed E-state index contributed by atoms with van der Waals surface area (Å²) in [4.78, 5) is 42.3. The van der Waals surface area contributed by atoms with E-state index in [2.05, 4.69) is 10.2 Å². The molecule has 3 aliphatic heterocycles. The van der Waals surface area contributed by atoms with E-state index in [1.165, 1.54) is 12.1 Å². The molecule has 8 heteroatoms. The number of hydrogen-bond acceptors (Lipinski definition) is 5. The first-order valence-electron chi connectivity index (χ1n) is 13.1. The van der Waals surface area contributed by atoms with Crippen molar-refractivity contribution in [3.63, 3.8) is 0 Å². The zero-order chi connectivity index (χ0) is 26.9. The van der Waals surface area contributed by atoms with Crippen molar-refractivity contribution in [3.05, 3.63) is 117 Å². The first kappa shape index (κ1) is 24.0. The van der Waals surface area contributed by atoms with E-state index in [0.717, 1.165) is 34.7 Å². The molecule has 194 valence electrons. The average molecular weight is 538 g/mol. The Bertz CT molecular complexity index is 1680. The third-order valence-electron chi connectivity index (χ3n) is 8.79. The van der Waals surface area contributed by atoms with E-state index in [4.69, 9.17) is 11.6 Å². The lowest BCUT2D eigenvalue weighted by Crippen LogP contribution is -2.52. The van der Waals surface area contributed by atoms with Gasteiger partial charge in [-0.3, -0.25) is 24.6 Å². The normalized spacial score (nSPS) is 25.6. The molecule has 2 saturated heterocycles. The number of carbonyl (C=O) groups is 2. The predicted octanol–water partition coefficient (Wildman–Crippen LogP) is 6.31. The fraction of sp³-hybridized carbons (Fsp3) is 0.226. The maximum Gasteiger partial charge on any atom is 0.269 e. The molecular weight excluding hydrogens is 514 g/mol. The van der Waals surface area contributed by atoms with Crippen molar-refractivity contribution >= 4 is 45.4 Å². The SMILES string of the molecule is O=C(c1cccc2ccccc12)C1C(c2ccc([N+](=O)[O-])cc2)C2CCCN2[C@@]12C(=O)Nc1ccc(Cl)cc12. The summed E-state index contributed by atoms with van der Waals surface area (Å²) in [5.74, 6) is -1.47. The first-order chi connectivity index (χ1) is 18.9. The topological polar surface area (TPSA) is 92.5 Å². The molecule has 39 heavy (non-hydrogen) atoms. The van der Waals surface area contributed by atoms with E-state index in [1.54, 1.807) is 24.3 Å². The molecule has 0 aliphatic carbocycles. The molecule has 1 spiro atoms. The number of nitrogens with one attached hydrogen (secondary N) is 1. The van der Waals surface area contributed by atoms with Crippen molar-refractivity contribution in [3.8, 4) is 0 Å². The number of non-ortho nitro benzene ring substituents is 1. The minimum Gasteiger partial charge on any atom is -0.324 e. The number of anilines is 1. The van der Waals surface area contributed by atoms with Crippen LogP contribution in [0.15, 0.2) is 84.9 Å². The molecular formula is C31H24ClN3O4. The van der Waals surface area contributed by atoms with Crippen LogP contribution in [0.4, 0.5) is 11.4 Å². The molecule has 0 aromatic heterocycles. The Labute approximate surface area is 229 Å². The van der Waals surface area contributed by atoms with Gasteiger partial charge in [0.05, 0.1) is 10.8 Å². The second-order valence-corrected chi connectivity index (χ2v) is 11.0. The van der Waals surface area contributed by atoms with E-state index in [0.29, 0.717) is 22.8 Å². The van der Waals surface area contributed by atoms with Crippen LogP contribution in [0, 0.1) is 16.0 Å². The lowest BCUT2D eigenvalue weighted by Gasteiger charge is -2.37. The number of carbonyl (C=O) groups excluding carboxylic acids is 2. The molecule has 1 N–H and O–H groups in total. The second-order valence-electron chi connectivity index (χ2n) is 10.6. The van der Waals surface area contributed by atoms with E-state index < -0.39 is 16.4 Å². The predicted molar refractivity (Wildman–Crippen MR) is 149 cm³/mol. The number of hydrogen-bond donors (Lipinski definition) is 1. The largest absolute Gasteiger partial charge is 0.324 e. The Morgan fingerprint density at radius 1 is 1.03 bits per heavy atom. The van der Waals surface area contributed by atoms with Crippen molar-refractivity contribution in [2.45, 2.75) is 30.3 Å². The quantitative estimate of drug-likeness (QED) is 0.187. The zero-order valence-corrected chi connectivity index (χ0v) is 21.6. The van der Waals surface area contributed by atoms with Crippen LogP contribution in [0.1, 0.15) is 40.2 Å². The second kappa shape index (κ2) is 8.73. The summed E-state index contributed by atoms with van der Waals surface area (Å²) in [7, 11) is 0. The summed E-state index contributed by atoms with van der Waals surface area (Å²) < 4.78 is 0. The van der Waals surface area contributed by atoms with Crippen molar-refractivity contribution in [2.75, 3.05) is 11.9 Å². The number of halogens is 1. The number of nitrogens with zero attached hydrogens (tertiary/aromatic N) is 2. The molecule has 7 nitrogen and oxygen atoms in total. The molecule has 0 radical (unpaired) electrons. The summed E-state index contributed by atoms with van der Waals surface area (Å²) in [5.41, 5.74) is 1.50. The first-order valence-corrected chi connectivity index (χ1v) is 13.4. The fourth-order valence-corrected chi connectivity index (χ4v) is 7.50. The van der Waals surface area contributed by atoms with Gasteiger partial charge in [-0.15, -0.1) is 0 Å². The molecule has 4 aromatic carbocycles. The molecule has 0 saturated carbocycles. The third kappa shape index (κ3) is 3.33. The lowest BCUT2D eigenvalue weighted by atomic mass is 9.68. The number of amides is 1. The van der Waals surface area contributed by atoms with Gasteiger partial charge in [0.1, 0.15) is 5.54 Å². The summed E-state index contributed by atoms with van der Waals surface area (Å²) >= 11 is 6.49. The molecule has 3 heterocycles. The minimum absolute atomic E-state index is 0.0117. The van der Waals surface area contributed by atoms with E-state index >= 15 is 0 Å². The molecule has 1 amide bonds. The van der Waals surface area contributed by atoms with Crippen LogP contribution >= 0.6 is 11.6 Å². The van der Waals surface area contributed by atoms with Crippen LogP contribution < -0.4 is 5.32 Å². The van der Waals surface area contributed by atoms with Crippen molar-refractivity contribution < 1.29 is 14.5 Å². The maximum atomic E-state index is 14.9. The Hall–Kier alpha value is -4.07. The van der Waals surface area contributed by atoms with Crippen molar-refractivity contribution in [1.29, 1.82) is 0 Å². The highest BCUT2D eigenvalue weighted by atomic mass is 35.5. The lowest BCUT2D eigenvalue weighted by molar-refractivity contribution is -0.384. The van der Waals surface area contributed by atoms with Gasteiger partial charge in [-0.2, -0.15) is 0 Å². The van der Waals surface area contributed by atoms with E-state index in [1.807, 2.05) is 48.5 Å². The molecule has 4 aromatic rings. The highest BCUT2D eigenvalue weighted by Crippen LogP contribution is 2.61. The van der Waals surface area contributed by atoms with Gasteiger partial charge in [-0.25, -0.2) is 0 Å². The van der Waals surface area contributed by atoms with Crippen molar-refractivity contribution in [1.82, 2.24) is 4.90 Å². The van der Waals surface area contributed by atoms with Gasteiger partial charge in [0, 0.05) is 45.9 Å². The van der Waals surface area contributed by atoms with Gasteiger partial charge in [-0.1, -0.05) is 66.2 Å². The van der Waals surface area contributed by atoms with Gasteiger partial charge in [-0.05, 0) is 53.9 Å². The average Bonchev–Trinajstić information content (AvgIpc) is 3.61. The fourth-order valence-electron chi connectivity index (χ4n) is 7.33. The Balaban J connectivity index is 1.50. The summed E-state index contributed by atoms with van der Waals surface area (Å²) in [6.07, 6.45) is 1.69. The number of ketones is 1. The van der Waals surface area contributed by atoms with Crippen LogP contribution in [0.5, 0.6) is 0 Å². The number of rotatable bonds is 4. The highest BCUT2D eigenvalue weighted by Gasteiger charge is 2.69. The van der Waals surface area contributed by atoms with Crippen LogP contribution in [-0.2, 0) is 10.3 Å². The summed E-state index contributed by atoms with van der Waals surface area (Å²) in [6, 6.07) is 25.2. The van der Waals surface area contributed by atoms with Gasteiger partial charge >= 0.3 is 0 Å². The van der Waals surface area contributed by atoms with Crippen LogP contribution in [-0.4, -0.2) is 34.1 Å². The number of Topliss-reactive ketones (excluding diaryl/α,β-unsaturated/α-hetero) is 1. The number of fused-ring (bicyclic) bond motifs is 5. The molecule has 0 bridgehead atoms. The number of nitro groups is 1. The number of nitro benzene ring substituents is 1. The molecule has 3 unspecified atom stereocenters. The molecule has 3 aliphatic rings. The Kier molecular flexibility index (Phi) is 5.37. The molecule has 2 fully saturated rings. The molecule has 7 rings (SSSR count). The van der Waals surface area contributed by atoms with Gasteiger partial charge in [0.25, 0.3) is 5.69 Å². The Morgan fingerprint density at radius 2 is 1.79 bits per heavy atom. The minimum atomic E-state index is -1.25.